The fraction of sp³-hybridized carbons (Fsp3) is 0.625. The minimum atomic E-state index is -0.916. The Morgan fingerprint density at radius 3 is 3.00 bits per heavy atom. The van der Waals surface area contributed by atoms with Gasteiger partial charge in [-0.15, -0.1) is 0 Å². The first-order valence-corrected chi connectivity index (χ1v) is 3.91. The second-order valence-corrected chi connectivity index (χ2v) is 2.84. The first kappa shape index (κ1) is 9.06. The normalized spacial score (nSPS) is 23.2. The molecule has 0 aromatic carbocycles. The monoisotopic (exact) mass is 171 g/mol. The number of carbonyl (C=O) groups is 1. The van der Waals surface area contributed by atoms with E-state index < -0.39 is 5.97 Å². The van der Waals surface area contributed by atoms with Gasteiger partial charge in [0.1, 0.15) is 0 Å². The van der Waals surface area contributed by atoms with Crippen LogP contribution in [0, 0.1) is 0 Å². The average molecular weight is 171 g/mol. The van der Waals surface area contributed by atoms with Gasteiger partial charge in [0, 0.05) is 25.9 Å². The summed E-state index contributed by atoms with van der Waals surface area (Å²) in [5.41, 5.74) is 0. The van der Waals surface area contributed by atoms with Crippen LogP contribution >= 0.6 is 0 Å². The number of hydrogen-bond acceptors (Lipinski definition) is 3. The molecule has 0 bridgehead atoms. The third-order valence-electron chi connectivity index (χ3n) is 1.93. The van der Waals surface area contributed by atoms with E-state index in [0.717, 1.165) is 19.1 Å². The summed E-state index contributed by atoms with van der Waals surface area (Å²) in [5.74, 6) is -0.916. The number of carboxylic acids is 1. The van der Waals surface area contributed by atoms with Gasteiger partial charge < -0.3 is 14.7 Å². The quantitative estimate of drug-likeness (QED) is 0.621. The molecule has 1 unspecified atom stereocenters. The van der Waals surface area contributed by atoms with Gasteiger partial charge in [0.2, 0.25) is 0 Å². The molecule has 0 aromatic heterocycles. The lowest BCUT2D eigenvalue weighted by atomic mass is 10.2. The Hall–Kier alpha value is -1.03. The molecule has 1 N–H and O–H groups in total. The second-order valence-electron chi connectivity index (χ2n) is 2.84. The molecule has 0 spiro atoms. The molecule has 1 fully saturated rings. The number of hydrogen-bond donors (Lipinski definition) is 1. The van der Waals surface area contributed by atoms with Crippen molar-refractivity contribution in [1.82, 2.24) is 4.90 Å². The Bertz CT molecular complexity index is 185. The van der Waals surface area contributed by atoms with Crippen LogP contribution < -0.4 is 0 Å². The minimum Gasteiger partial charge on any atom is -0.478 e. The zero-order valence-corrected chi connectivity index (χ0v) is 7.06. The summed E-state index contributed by atoms with van der Waals surface area (Å²) < 4.78 is 5.16. The molecule has 4 heteroatoms. The third-order valence-corrected chi connectivity index (χ3v) is 1.93. The number of rotatable bonds is 3. The molecular formula is C8H13NO3. The Balaban J connectivity index is 2.36. The number of nitrogens with zero attached hydrogens (tertiary/aromatic N) is 1. The number of carboxylic acid groups (broad SMARTS) is 1. The Kier molecular flexibility index (Phi) is 3.10. The van der Waals surface area contributed by atoms with E-state index in [2.05, 4.69) is 0 Å². The van der Waals surface area contributed by atoms with E-state index in [4.69, 9.17) is 9.84 Å². The van der Waals surface area contributed by atoms with Gasteiger partial charge in [0.25, 0.3) is 0 Å². The zero-order chi connectivity index (χ0) is 8.97. The molecule has 0 aromatic rings. The van der Waals surface area contributed by atoms with Gasteiger partial charge in [-0.25, -0.2) is 4.79 Å². The van der Waals surface area contributed by atoms with Crippen molar-refractivity contribution < 1.29 is 14.6 Å². The van der Waals surface area contributed by atoms with Gasteiger partial charge in [0.05, 0.1) is 12.6 Å². The molecule has 1 saturated heterocycles. The van der Waals surface area contributed by atoms with E-state index in [9.17, 15) is 4.79 Å². The average Bonchev–Trinajstić information content (AvgIpc) is 2.51. The number of likely N-dealkylation sites (N-methyl/N-ethyl adjacent to an activating group) is 1. The predicted molar refractivity (Wildman–Crippen MR) is 43.8 cm³/mol. The molecule has 4 nitrogen and oxygen atoms in total. The highest BCUT2D eigenvalue weighted by atomic mass is 16.5. The van der Waals surface area contributed by atoms with Crippen molar-refractivity contribution >= 4 is 5.97 Å². The van der Waals surface area contributed by atoms with Crippen molar-refractivity contribution in [2.75, 3.05) is 20.3 Å². The highest BCUT2D eigenvalue weighted by Crippen LogP contribution is 2.10. The third kappa shape index (κ3) is 2.54. The SMILES string of the molecule is CN(/C=C/C(=O)O)C1CCOC1. The molecule has 0 amide bonds. The second kappa shape index (κ2) is 4.11. The smallest absolute Gasteiger partial charge is 0.329 e. The van der Waals surface area contributed by atoms with Crippen molar-refractivity contribution in [1.29, 1.82) is 0 Å². The molecule has 1 heterocycles. The molecule has 0 radical (unpaired) electrons. The summed E-state index contributed by atoms with van der Waals surface area (Å²) >= 11 is 0. The summed E-state index contributed by atoms with van der Waals surface area (Å²) in [6.07, 6.45) is 3.68. The highest BCUT2D eigenvalue weighted by Gasteiger charge is 2.17. The summed E-state index contributed by atoms with van der Waals surface area (Å²) in [5, 5.41) is 8.36. The lowest BCUT2D eigenvalue weighted by Crippen LogP contribution is -2.27. The van der Waals surface area contributed by atoms with E-state index >= 15 is 0 Å². The van der Waals surface area contributed by atoms with Crippen molar-refractivity contribution in [3.8, 4) is 0 Å². The van der Waals surface area contributed by atoms with Gasteiger partial charge in [-0.2, -0.15) is 0 Å². The van der Waals surface area contributed by atoms with E-state index in [0.29, 0.717) is 12.6 Å². The lowest BCUT2D eigenvalue weighted by molar-refractivity contribution is -0.131. The molecule has 12 heavy (non-hydrogen) atoms. The molecule has 1 aliphatic rings. The lowest BCUT2D eigenvalue weighted by Gasteiger charge is -2.19. The molecule has 1 aliphatic heterocycles. The van der Waals surface area contributed by atoms with E-state index in [1.54, 1.807) is 6.20 Å². The van der Waals surface area contributed by atoms with Crippen molar-refractivity contribution in [2.24, 2.45) is 0 Å². The van der Waals surface area contributed by atoms with Crippen LogP contribution in [0.4, 0.5) is 0 Å². The van der Waals surface area contributed by atoms with Gasteiger partial charge in [0.15, 0.2) is 0 Å². The van der Waals surface area contributed by atoms with Crippen LogP contribution in [0.15, 0.2) is 12.3 Å². The van der Waals surface area contributed by atoms with E-state index in [1.807, 2.05) is 11.9 Å². The number of ether oxygens (including phenoxy) is 1. The van der Waals surface area contributed by atoms with Gasteiger partial charge in [-0.1, -0.05) is 0 Å². The fourth-order valence-corrected chi connectivity index (χ4v) is 1.15. The highest BCUT2D eigenvalue weighted by molar-refractivity contribution is 5.79. The molecule has 1 rings (SSSR count). The van der Waals surface area contributed by atoms with Crippen LogP contribution in [0.1, 0.15) is 6.42 Å². The van der Waals surface area contributed by atoms with Crippen molar-refractivity contribution in [3.05, 3.63) is 12.3 Å². The van der Waals surface area contributed by atoms with Crippen LogP contribution in [0.25, 0.3) is 0 Å². The maximum atomic E-state index is 10.2. The summed E-state index contributed by atoms with van der Waals surface area (Å²) in [7, 11) is 1.86. The molecule has 0 aliphatic carbocycles. The Morgan fingerprint density at radius 1 is 1.75 bits per heavy atom. The van der Waals surface area contributed by atoms with Crippen LogP contribution in [0.3, 0.4) is 0 Å². The molecule has 1 atom stereocenters. The van der Waals surface area contributed by atoms with Gasteiger partial charge in [-0.05, 0) is 6.42 Å². The molecule has 68 valence electrons. The summed E-state index contributed by atoms with van der Waals surface area (Å²) in [6.45, 7) is 1.47. The summed E-state index contributed by atoms with van der Waals surface area (Å²) in [4.78, 5) is 12.1. The Morgan fingerprint density at radius 2 is 2.50 bits per heavy atom. The fourth-order valence-electron chi connectivity index (χ4n) is 1.15. The predicted octanol–water partition coefficient (Wildman–Crippen LogP) is 0.305. The van der Waals surface area contributed by atoms with E-state index in [-0.39, 0.29) is 0 Å². The van der Waals surface area contributed by atoms with Crippen molar-refractivity contribution in [2.45, 2.75) is 12.5 Å². The van der Waals surface area contributed by atoms with Crippen LogP contribution in [0.5, 0.6) is 0 Å². The van der Waals surface area contributed by atoms with Crippen molar-refractivity contribution in [3.63, 3.8) is 0 Å². The first-order chi connectivity index (χ1) is 5.70. The summed E-state index contributed by atoms with van der Waals surface area (Å²) in [6, 6.07) is 0.334. The standard InChI is InChI=1S/C8H13NO3/c1-9(4-2-8(10)11)7-3-5-12-6-7/h2,4,7H,3,5-6H2,1H3,(H,10,11)/b4-2+. The van der Waals surface area contributed by atoms with Crippen LogP contribution in [-0.2, 0) is 9.53 Å². The van der Waals surface area contributed by atoms with Crippen LogP contribution in [0.2, 0.25) is 0 Å². The minimum absolute atomic E-state index is 0.334. The Labute approximate surface area is 71.4 Å². The van der Waals surface area contributed by atoms with Crippen LogP contribution in [-0.4, -0.2) is 42.3 Å². The zero-order valence-electron chi connectivity index (χ0n) is 7.06. The number of aliphatic carboxylic acids is 1. The topological polar surface area (TPSA) is 49.8 Å². The maximum Gasteiger partial charge on any atom is 0.329 e. The van der Waals surface area contributed by atoms with E-state index in [1.165, 1.54) is 0 Å². The van der Waals surface area contributed by atoms with Gasteiger partial charge >= 0.3 is 5.97 Å². The largest absolute Gasteiger partial charge is 0.478 e. The first-order valence-electron chi connectivity index (χ1n) is 3.91. The van der Waals surface area contributed by atoms with Gasteiger partial charge in [-0.3, -0.25) is 0 Å². The molecular weight excluding hydrogens is 158 g/mol. The maximum absolute atomic E-state index is 10.2. The molecule has 0 saturated carbocycles.